The molecule has 0 unspecified atom stereocenters. The van der Waals surface area contributed by atoms with Crippen LogP contribution in [0.2, 0.25) is 0 Å². The van der Waals surface area contributed by atoms with E-state index in [0.29, 0.717) is 18.3 Å². The summed E-state index contributed by atoms with van der Waals surface area (Å²) in [6.07, 6.45) is 1.79. The summed E-state index contributed by atoms with van der Waals surface area (Å²) in [5.41, 5.74) is 8.06. The molecule has 0 bridgehead atoms. The van der Waals surface area contributed by atoms with Crippen molar-refractivity contribution in [1.82, 2.24) is 15.2 Å². The Kier molecular flexibility index (Phi) is 4.70. The van der Waals surface area contributed by atoms with Gasteiger partial charge in [-0.05, 0) is 24.1 Å². The van der Waals surface area contributed by atoms with E-state index in [-0.39, 0.29) is 0 Å². The molecule has 1 aromatic carbocycles. The minimum Gasteiger partial charge on any atom is -0.370 e. The number of hydrogen-bond donors (Lipinski definition) is 3. The quantitative estimate of drug-likeness (QED) is 0.572. The summed E-state index contributed by atoms with van der Waals surface area (Å²) in [5.74, 6) is 1.87. The normalized spacial score (nSPS) is 11.6. The largest absolute Gasteiger partial charge is 0.370 e. The van der Waals surface area contributed by atoms with Crippen molar-refractivity contribution in [3.05, 3.63) is 41.5 Å². The van der Waals surface area contributed by atoms with E-state index in [4.69, 9.17) is 5.73 Å². The molecule has 0 aliphatic heterocycles. The van der Waals surface area contributed by atoms with E-state index in [1.807, 2.05) is 19.1 Å². The van der Waals surface area contributed by atoms with Crippen LogP contribution in [0.4, 0.5) is 5.69 Å². The Labute approximate surface area is 118 Å². The Hall–Kier alpha value is -2.37. The molecule has 0 amide bonds. The first-order valence-electron chi connectivity index (χ1n) is 6.77. The zero-order valence-electron chi connectivity index (χ0n) is 11.8. The van der Waals surface area contributed by atoms with E-state index >= 15 is 0 Å². The minimum absolute atomic E-state index is 0.368. The number of H-pyrrole nitrogens is 1. The summed E-state index contributed by atoms with van der Waals surface area (Å²) in [6, 6.07) is 8.11. The summed E-state index contributed by atoms with van der Waals surface area (Å²) >= 11 is 0. The molecule has 2 rings (SSSR count). The highest BCUT2D eigenvalue weighted by atomic mass is 15.2. The Morgan fingerprint density at radius 1 is 1.35 bits per heavy atom. The van der Waals surface area contributed by atoms with Gasteiger partial charge in [0.05, 0.1) is 0 Å². The van der Waals surface area contributed by atoms with Crippen LogP contribution in [0.5, 0.6) is 0 Å². The van der Waals surface area contributed by atoms with E-state index in [1.165, 1.54) is 5.56 Å². The molecule has 6 heteroatoms. The minimum atomic E-state index is 0.368. The van der Waals surface area contributed by atoms with Crippen molar-refractivity contribution in [2.45, 2.75) is 33.2 Å². The predicted octanol–water partition coefficient (Wildman–Crippen LogP) is 1.86. The van der Waals surface area contributed by atoms with Gasteiger partial charge in [-0.25, -0.2) is 9.98 Å². The van der Waals surface area contributed by atoms with Crippen molar-refractivity contribution in [3.63, 3.8) is 0 Å². The van der Waals surface area contributed by atoms with Gasteiger partial charge in [-0.1, -0.05) is 26.0 Å². The maximum absolute atomic E-state index is 5.86. The van der Waals surface area contributed by atoms with Gasteiger partial charge in [-0.15, -0.1) is 0 Å². The number of aromatic nitrogens is 3. The maximum Gasteiger partial charge on any atom is 0.193 e. The fourth-order valence-electron chi connectivity index (χ4n) is 1.78. The number of aromatic amines is 1. The lowest BCUT2D eigenvalue weighted by Crippen LogP contribution is -2.22. The van der Waals surface area contributed by atoms with Gasteiger partial charge in [-0.3, -0.25) is 5.10 Å². The highest BCUT2D eigenvalue weighted by Crippen LogP contribution is 2.10. The van der Waals surface area contributed by atoms with E-state index in [2.05, 4.69) is 44.5 Å². The van der Waals surface area contributed by atoms with Crippen LogP contribution in [0.1, 0.15) is 31.1 Å². The lowest BCUT2D eigenvalue weighted by Gasteiger charge is -2.06. The van der Waals surface area contributed by atoms with Crippen LogP contribution in [-0.2, 0) is 19.4 Å². The highest BCUT2D eigenvalue weighted by Gasteiger charge is 2.01. The van der Waals surface area contributed by atoms with E-state index in [0.717, 1.165) is 24.4 Å². The average Bonchev–Trinajstić information content (AvgIpc) is 2.93. The summed E-state index contributed by atoms with van der Waals surface area (Å²) in [6.45, 7) is 4.51. The van der Waals surface area contributed by atoms with Crippen molar-refractivity contribution >= 4 is 11.6 Å². The second kappa shape index (κ2) is 6.70. The molecule has 0 fully saturated rings. The van der Waals surface area contributed by atoms with Crippen molar-refractivity contribution in [2.24, 2.45) is 10.7 Å². The molecule has 4 N–H and O–H groups in total. The van der Waals surface area contributed by atoms with Gasteiger partial charge >= 0.3 is 0 Å². The SMILES string of the molecule is CCc1cccc(NC(N)=NCc2nc(CC)n[nH]2)c1. The fourth-order valence-corrected chi connectivity index (χ4v) is 1.78. The second-order valence-electron chi connectivity index (χ2n) is 4.43. The molecule has 0 saturated heterocycles. The fraction of sp³-hybridized carbons (Fsp3) is 0.357. The van der Waals surface area contributed by atoms with E-state index < -0.39 is 0 Å². The molecule has 0 spiro atoms. The van der Waals surface area contributed by atoms with Crippen LogP contribution in [0.3, 0.4) is 0 Å². The van der Waals surface area contributed by atoms with Gasteiger partial charge in [0.1, 0.15) is 12.4 Å². The molecule has 0 atom stereocenters. The number of aryl methyl sites for hydroxylation is 2. The Balaban J connectivity index is 1.96. The number of nitrogens with zero attached hydrogens (tertiary/aromatic N) is 3. The number of nitrogens with two attached hydrogens (primary N) is 1. The average molecular weight is 272 g/mol. The smallest absolute Gasteiger partial charge is 0.193 e. The molecule has 20 heavy (non-hydrogen) atoms. The third kappa shape index (κ3) is 3.81. The molecular formula is C14H20N6. The van der Waals surface area contributed by atoms with E-state index in [1.54, 1.807) is 0 Å². The first-order valence-corrected chi connectivity index (χ1v) is 6.77. The molecule has 1 heterocycles. The van der Waals surface area contributed by atoms with Crippen molar-refractivity contribution in [1.29, 1.82) is 0 Å². The molecule has 6 nitrogen and oxygen atoms in total. The molecule has 0 aliphatic carbocycles. The molecule has 1 aromatic heterocycles. The summed E-state index contributed by atoms with van der Waals surface area (Å²) in [5, 5.41) is 9.97. The van der Waals surface area contributed by atoms with Crippen LogP contribution in [-0.4, -0.2) is 21.1 Å². The molecular weight excluding hydrogens is 252 g/mol. The third-order valence-corrected chi connectivity index (χ3v) is 2.90. The first-order chi connectivity index (χ1) is 9.71. The van der Waals surface area contributed by atoms with Gasteiger partial charge in [-0.2, -0.15) is 5.10 Å². The van der Waals surface area contributed by atoms with Crippen LogP contribution < -0.4 is 11.1 Å². The number of guanidine groups is 1. The number of hydrogen-bond acceptors (Lipinski definition) is 3. The zero-order chi connectivity index (χ0) is 14.4. The number of anilines is 1. The Bertz CT molecular complexity index is 587. The zero-order valence-corrected chi connectivity index (χ0v) is 11.8. The lowest BCUT2D eigenvalue weighted by atomic mass is 10.1. The van der Waals surface area contributed by atoms with Crippen LogP contribution in [0.25, 0.3) is 0 Å². The van der Waals surface area contributed by atoms with Crippen molar-refractivity contribution < 1.29 is 0 Å². The van der Waals surface area contributed by atoms with Gasteiger partial charge in [0.15, 0.2) is 11.8 Å². The topological polar surface area (TPSA) is 92.0 Å². The van der Waals surface area contributed by atoms with E-state index in [9.17, 15) is 0 Å². The summed E-state index contributed by atoms with van der Waals surface area (Å²) in [7, 11) is 0. The second-order valence-corrected chi connectivity index (χ2v) is 4.43. The number of aliphatic imine (C=N–C) groups is 1. The Morgan fingerprint density at radius 2 is 2.20 bits per heavy atom. The molecule has 0 radical (unpaired) electrons. The first kappa shape index (κ1) is 14.0. The van der Waals surface area contributed by atoms with Gasteiger partial charge in [0.2, 0.25) is 0 Å². The molecule has 2 aromatic rings. The van der Waals surface area contributed by atoms with Crippen LogP contribution >= 0.6 is 0 Å². The van der Waals surface area contributed by atoms with Crippen molar-refractivity contribution in [2.75, 3.05) is 5.32 Å². The highest BCUT2D eigenvalue weighted by molar-refractivity contribution is 5.92. The monoisotopic (exact) mass is 272 g/mol. The standard InChI is InChI=1S/C14H20N6/c1-3-10-6-5-7-11(8-10)17-14(15)16-9-13-18-12(4-2)19-20-13/h5-8H,3-4,9H2,1-2H3,(H3,15,16,17)(H,18,19,20). The lowest BCUT2D eigenvalue weighted by molar-refractivity contribution is 0.913. The van der Waals surface area contributed by atoms with Crippen LogP contribution in [0.15, 0.2) is 29.3 Å². The van der Waals surface area contributed by atoms with Gasteiger partial charge in [0, 0.05) is 12.1 Å². The maximum atomic E-state index is 5.86. The number of benzene rings is 1. The predicted molar refractivity (Wildman–Crippen MR) is 80.5 cm³/mol. The Morgan fingerprint density at radius 3 is 2.90 bits per heavy atom. The van der Waals surface area contributed by atoms with Gasteiger partial charge < -0.3 is 11.1 Å². The van der Waals surface area contributed by atoms with Crippen LogP contribution in [0, 0.1) is 0 Å². The number of rotatable bonds is 5. The van der Waals surface area contributed by atoms with Gasteiger partial charge in [0.25, 0.3) is 0 Å². The summed E-state index contributed by atoms with van der Waals surface area (Å²) < 4.78 is 0. The van der Waals surface area contributed by atoms with Crippen molar-refractivity contribution in [3.8, 4) is 0 Å². The summed E-state index contributed by atoms with van der Waals surface area (Å²) in [4.78, 5) is 8.52. The molecule has 0 saturated carbocycles. The number of nitrogens with one attached hydrogen (secondary N) is 2. The third-order valence-electron chi connectivity index (χ3n) is 2.90. The molecule has 0 aliphatic rings. The molecule has 106 valence electrons.